The van der Waals surface area contributed by atoms with Crippen LogP contribution in [0.4, 0.5) is 11.4 Å². The van der Waals surface area contributed by atoms with Crippen LogP contribution in [0.15, 0.2) is 66.2 Å². The van der Waals surface area contributed by atoms with Crippen molar-refractivity contribution in [3.8, 4) is 0 Å². The van der Waals surface area contributed by atoms with Gasteiger partial charge in [0.25, 0.3) is 0 Å². The van der Waals surface area contributed by atoms with Gasteiger partial charge in [-0.25, -0.2) is 0 Å². The van der Waals surface area contributed by atoms with Crippen LogP contribution in [-0.4, -0.2) is 34.4 Å². The summed E-state index contributed by atoms with van der Waals surface area (Å²) in [5, 5.41) is 1.55. The number of benzene rings is 3. The van der Waals surface area contributed by atoms with E-state index in [1.165, 1.54) is 62.7 Å². The summed E-state index contributed by atoms with van der Waals surface area (Å²) in [5.74, 6) is 0. The second-order valence-electron chi connectivity index (χ2n) is 11.4. The van der Waals surface area contributed by atoms with E-state index in [2.05, 4.69) is 144 Å². The molecule has 4 rings (SSSR count). The SMILES string of the molecule is CC(C)=C[CH]=[Ru]([Cl])([Cl])=[C]1N(c2c(C)cc(C)cc2C)CCN1c1c(C)cc(C)cc1C.CCP(CC)c1ccccc1. The molecule has 0 N–H and O–H groups in total. The van der Waals surface area contributed by atoms with E-state index in [1.807, 2.05) is 0 Å². The summed E-state index contributed by atoms with van der Waals surface area (Å²) >= 11 is -3.33. The second kappa shape index (κ2) is 15.4. The van der Waals surface area contributed by atoms with Gasteiger partial charge in [0.1, 0.15) is 0 Å². The molecule has 1 saturated heterocycles. The molecule has 1 aliphatic rings. The van der Waals surface area contributed by atoms with Crippen LogP contribution in [-0.2, 0) is 11.9 Å². The predicted molar refractivity (Wildman–Crippen MR) is 192 cm³/mol. The summed E-state index contributed by atoms with van der Waals surface area (Å²) in [5.41, 5.74) is 11.3. The van der Waals surface area contributed by atoms with Crippen molar-refractivity contribution in [3.05, 3.63) is 99.6 Å². The van der Waals surface area contributed by atoms with Crippen molar-refractivity contribution in [1.82, 2.24) is 0 Å². The molecule has 230 valence electrons. The smallest absolute Gasteiger partial charge is 0.0241 e. The van der Waals surface area contributed by atoms with Gasteiger partial charge in [0.15, 0.2) is 0 Å². The average Bonchev–Trinajstić information content (AvgIpc) is 3.33. The van der Waals surface area contributed by atoms with Crippen molar-refractivity contribution in [3.63, 3.8) is 0 Å². The summed E-state index contributed by atoms with van der Waals surface area (Å²) < 4.78 is 3.15. The van der Waals surface area contributed by atoms with Crippen molar-refractivity contribution in [2.24, 2.45) is 0 Å². The molecule has 0 aromatic heterocycles. The van der Waals surface area contributed by atoms with Gasteiger partial charge in [0.2, 0.25) is 0 Å². The Bertz CT molecular complexity index is 1420. The third kappa shape index (κ3) is 8.51. The van der Waals surface area contributed by atoms with Crippen molar-refractivity contribution in [2.75, 3.05) is 35.2 Å². The standard InChI is InChI=1S/C21H26N2.C10H15P.C5H8.2ClH.Ru/c1-14-9-16(3)20(17(4)10-14)22-7-8-23(13-22)21-18(5)11-15(2)12-19(21)6;1-3-11(4-2)10-8-6-5-7-9-10;1-4-5(2)3;;;/h9-12H,7-8H2,1-6H3;5-9H,3-4H2,1-2H3;1,4H,2-3H3;2*1H;/q;;;;;+2/p-2. The third-order valence-electron chi connectivity index (χ3n) is 7.43. The van der Waals surface area contributed by atoms with Crippen LogP contribution in [0.3, 0.4) is 0 Å². The van der Waals surface area contributed by atoms with Crippen molar-refractivity contribution in [1.29, 1.82) is 0 Å². The Balaban J connectivity index is 0.000000369. The van der Waals surface area contributed by atoms with Crippen LogP contribution in [0.2, 0.25) is 0 Å². The first-order valence-electron chi connectivity index (χ1n) is 14.8. The Hall–Kier alpha value is -1.63. The van der Waals surface area contributed by atoms with Crippen LogP contribution in [0.5, 0.6) is 0 Å². The molecule has 0 aliphatic carbocycles. The Labute approximate surface area is 267 Å². The van der Waals surface area contributed by atoms with Gasteiger partial charge in [-0.05, 0) is 17.6 Å². The molecule has 42 heavy (non-hydrogen) atoms. The minimum atomic E-state index is -3.33. The molecule has 1 fully saturated rings. The maximum Gasteiger partial charge on any atom is -0.0241 e. The molecule has 0 unspecified atom stereocenters. The van der Waals surface area contributed by atoms with Crippen LogP contribution in [0, 0.1) is 41.5 Å². The molecular formula is C36H49Cl2N2PRu. The number of halogens is 2. The molecule has 0 atom stereocenters. The van der Waals surface area contributed by atoms with Crippen LogP contribution < -0.4 is 15.1 Å². The van der Waals surface area contributed by atoms with Gasteiger partial charge < -0.3 is 0 Å². The summed E-state index contributed by atoms with van der Waals surface area (Å²) in [6, 6.07) is 19.9. The fourth-order valence-electron chi connectivity index (χ4n) is 5.85. The first-order chi connectivity index (χ1) is 19.8. The molecule has 3 aromatic rings. The van der Waals surface area contributed by atoms with Gasteiger partial charge in [0.05, 0.1) is 0 Å². The largest absolute Gasteiger partial charge is 0.0759 e. The summed E-state index contributed by atoms with van der Waals surface area (Å²) in [7, 11) is 14.7. The number of aryl methyl sites for hydroxylation is 6. The Morgan fingerprint density at radius 2 is 1.14 bits per heavy atom. The molecule has 3 aromatic carbocycles. The first-order valence-corrected chi connectivity index (χ1v) is 22.8. The Morgan fingerprint density at radius 3 is 1.50 bits per heavy atom. The van der Waals surface area contributed by atoms with Gasteiger partial charge >= 0.3 is 199 Å². The third-order valence-corrected chi connectivity index (χ3v) is 15.4. The van der Waals surface area contributed by atoms with E-state index < -0.39 is 11.9 Å². The molecule has 2 nitrogen and oxygen atoms in total. The number of anilines is 2. The Kier molecular flexibility index (Phi) is 12.8. The molecule has 0 amide bonds. The minimum Gasteiger partial charge on any atom is -0.0759 e. The molecule has 6 heteroatoms. The molecule has 0 spiro atoms. The summed E-state index contributed by atoms with van der Waals surface area (Å²) in [6.45, 7) is 23.5. The maximum absolute atomic E-state index is 7.26. The normalized spacial score (nSPS) is 13.7. The van der Waals surface area contributed by atoms with Crippen molar-refractivity contribution < 1.29 is 11.9 Å². The zero-order valence-corrected chi connectivity index (χ0v) is 31.3. The van der Waals surface area contributed by atoms with E-state index in [4.69, 9.17) is 19.4 Å². The van der Waals surface area contributed by atoms with E-state index in [1.54, 1.807) is 5.30 Å². The van der Waals surface area contributed by atoms with E-state index in [0.29, 0.717) is 0 Å². The quantitative estimate of drug-likeness (QED) is 0.186. The number of hydrogen-bond donors (Lipinski definition) is 0. The molecule has 0 saturated carbocycles. The zero-order chi connectivity index (χ0) is 31.2. The Morgan fingerprint density at radius 1 is 0.738 bits per heavy atom. The zero-order valence-electron chi connectivity index (χ0n) is 27.1. The van der Waals surface area contributed by atoms with Crippen molar-refractivity contribution in [2.45, 2.75) is 69.2 Å². The predicted octanol–water partition coefficient (Wildman–Crippen LogP) is 10.0. The first kappa shape index (κ1) is 34.9. The van der Waals surface area contributed by atoms with E-state index in [9.17, 15) is 0 Å². The summed E-state index contributed by atoms with van der Waals surface area (Å²) in [4.78, 5) is 4.79. The van der Waals surface area contributed by atoms with Crippen LogP contribution in [0.1, 0.15) is 61.1 Å². The van der Waals surface area contributed by atoms with E-state index in [-0.39, 0.29) is 7.92 Å². The maximum atomic E-state index is 7.26. The molecule has 0 radical (unpaired) electrons. The van der Waals surface area contributed by atoms with E-state index in [0.717, 1.165) is 17.4 Å². The van der Waals surface area contributed by atoms with Crippen molar-refractivity contribution >= 4 is 52.9 Å². The monoisotopic (exact) mass is 712 g/mol. The molecular weight excluding hydrogens is 663 g/mol. The minimum absolute atomic E-state index is 0.149. The molecule has 0 bridgehead atoms. The summed E-state index contributed by atoms with van der Waals surface area (Å²) in [6.07, 6.45) is 4.71. The van der Waals surface area contributed by atoms with Gasteiger partial charge in [-0.15, -0.1) is 0 Å². The van der Waals surface area contributed by atoms with Gasteiger partial charge in [0, 0.05) is 0 Å². The van der Waals surface area contributed by atoms with E-state index >= 15 is 0 Å². The fraction of sp³-hybridized carbons (Fsp3) is 0.389. The molecule has 1 heterocycles. The average molecular weight is 713 g/mol. The molecule has 1 aliphatic heterocycles. The van der Waals surface area contributed by atoms with Gasteiger partial charge in [-0.3, -0.25) is 0 Å². The second-order valence-corrected chi connectivity index (χ2v) is 23.5. The fourth-order valence-corrected chi connectivity index (χ4v) is 13.1. The van der Waals surface area contributed by atoms with Gasteiger partial charge in [-0.1, -0.05) is 52.1 Å². The number of rotatable bonds is 6. The van der Waals surface area contributed by atoms with Crippen LogP contribution >= 0.6 is 27.3 Å². The number of hydrogen-bond acceptors (Lipinski definition) is 2. The number of nitrogens with zero attached hydrogens (tertiary/aromatic N) is 2. The van der Waals surface area contributed by atoms with Gasteiger partial charge in [-0.2, -0.15) is 0 Å². The topological polar surface area (TPSA) is 6.48 Å². The number of allylic oxidation sites excluding steroid dienone is 2. The van der Waals surface area contributed by atoms with Crippen LogP contribution in [0.25, 0.3) is 0 Å².